The molecule has 0 atom stereocenters. The lowest BCUT2D eigenvalue weighted by Crippen LogP contribution is -2.24. The van der Waals surface area contributed by atoms with Crippen LogP contribution < -0.4 is 10.6 Å². The van der Waals surface area contributed by atoms with E-state index in [9.17, 15) is 4.79 Å². The van der Waals surface area contributed by atoms with Crippen molar-refractivity contribution in [3.8, 4) is 0 Å². The molecule has 0 unspecified atom stereocenters. The molecule has 26 heavy (non-hydrogen) atoms. The number of nitrogens with zero attached hydrogens (tertiary/aromatic N) is 2. The summed E-state index contributed by atoms with van der Waals surface area (Å²) in [6.07, 6.45) is 7.30. The fraction of sp³-hybridized carbons (Fsp3) is 0.476. The van der Waals surface area contributed by atoms with Crippen LogP contribution in [0.5, 0.6) is 0 Å². The Morgan fingerprint density at radius 2 is 1.65 bits per heavy atom. The minimum Gasteiger partial charge on any atom is -0.352 e. The molecule has 1 heterocycles. The minimum absolute atomic E-state index is 0.0384. The predicted molar refractivity (Wildman–Crippen MR) is 107 cm³/mol. The zero-order valence-corrected chi connectivity index (χ0v) is 16.1. The second kappa shape index (κ2) is 10.5. The van der Waals surface area contributed by atoms with E-state index >= 15 is 0 Å². The Hall–Kier alpha value is -2.43. The molecule has 0 aliphatic carbocycles. The largest absolute Gasteiger partial charge is 0.352 e. The standard InChI is InChI=1S/C21H30N4O/c1-4-5-6-7-8-9-13-22-20(26)18-11-10-12-19(15-18)25-21-23-16(2)14-17(3)24-21/h10-12,14-15H,4-9,13H2,1-3H3,(H,22,26)(H,23,24,25). The number of aromatic nitrogens is 2. The van der Waals surface area contributed by atoms with E-state index in [0.717, 1.165) is 30.0 Å². The van der Waals surface area contributed by atoms with Crippen LogP contribution in [0.1, 0.15) is 67.2 Å². The van der Waals surface area contributed by atoms with Gasteiger partial charge in [0, 0.05) is 29.2 Å². The number of aryl methyl sites for hydroxylation is 2. The van der Waals surface area contributed by atoms with E-state index < -0.39 is 0 Å². The van der Waals surface area contributed by atoms with E-state index in [1.165, 1.54) is 32.1 Å². The first-order chi connectivity index (χ1) is 12.6. The number of rotatable bonds is 10. The number of hydrogen-bond acceptors (Lipinski definition) is 4. The number of anilines is 2. The molecular formula is C21H30N4O. The first-order valence-electron chi connectivity index (χ1n) is 9.56. The Morgan fingerprint density at radius 3 is 2.38 bits per heavy atom. The monoisotopic (exact) mass is 354 g/mol. The van der Waals surface area contributed by atoms with Crippen molar-refractivity contribution in [2.45, 2.75) is 59.3 Å². The molecule has 0 bridgehead atoms. The van der Waals surface area contributed by atoms with Crippen molar-refractivity contribution >= 4 is 17.5 Å². The summed E-state index contributed by atoms with van der Waals surface area (Å²) in [5.41, 5.74) is 3.27. The molecule has 0 saturated heterocycles. The normalized spacial score (nSPS) is 10.6. The second-order valence-electron chi connectivity index (χ2n) is 6.70. The Bertz CT molecular complexity index is 695. The molecular weight excluding hydrogens is 324 g/mol. The average molecular weight is 354 g/mol. The molecule has 0 aliphatic rings. The van der Waals surface area contributed by atoms with Crippen molar-refractivity contribution in [2.75, 3.05) is 11.9 Å². The lowest BCUT2D eigenvalue weighted by molar-refractivity contribution is 0.0953. The van der Waals surface area contributed by atoms with E-state index in [2.05, 4.69) is 27.5 Å². The topological polar surface area (TPSA) is 66.9 Å². The quantitative estimate of drug-likeness (QED) is 0.594. The van der Waals surface area contributed by atoms with Gasteiger partial charge in [0.05, 0.1) is 0 Å². The minimum atomic E-state index is -0.0384. The van der Waals surface area contributed by atoms with Gasteiger partial charge in [-0.3, -0.25) is 4.79 Å². The number of benzene rings is 1. The van der Waals surface area contributed by atoms with Crippen molar-refractivity contribution in [1.82, 2.24) is 15.3 Å². The lowest BCUT2D eigenvalue weighted by atomic mass is 10.1. The molecule has 5 heteroatoms. The van der Waals surface area contributed by atoms with Gasteiger partial charge in [0.1, 0.15) is 0 Å². The van der Waals surface area contributed by atoms with E-state index in [1.54, 1.807) is 0 Å². The van der Waals surface area contributed by atoms with Crippen LogP contribution in [0.3, 0.4) is 0 Å². The fourth-order valence-electron chi connectivity index (χ4n) is 2.86. The summed E-state index contributed by atoms with van der Waals surface area (Å²) in [5, 5.41) is 6.18. The van der Waals surface area contributed by atoms with Crippen LogP contribution in [-0.4, -0.2) is 22.4 Å². The Kier molecular flexibility index (Phi) is 8.06. The second-order valence-corrected chi connectivity index (χ2v) is 6.70. The highest BCUT2D eigenvalue weighted by Gasteiger charge is 2.07. The number of unbranched alkanes of at least 4 members (excludes halogenated alkanes) is 5. The maximum atomic E-state index is 12.3. The molecule has 0 spiro atoms. The average Bonchev–Trinajstić information content (AvgIpc) is 2.60. The van der Waals surface area contributed by atoms with Crippen LogP contribution in [0.25, 0.3) is 0 Å². The van der Waals surface area contributed by atoms with Crippen molar-refractivity contribution in [1.29, 1.82) is 0 Å². The Labute approximate surface area is 156 Å². The van der Waals surface area contributed by atoms with Gasteiger partial charge in [0.15, 0.2) is 0 Å². The summed E-state index contributed by atoms with van der Waals surface area (Å²) in [4.78, 5) is 21.1. The summed E-state index contributed by atoms with van der Waals surface area (Å²) in [6.45, 7) is 6.82. The first kappa shape index (κ1) is 19.9. The van der Waals surface area contributed by atoms with Gasteiger partial charge >= 0.3 is 0 Å². The van der Waals surface area contributed by atoms with Crippen molar-refractivity contribution < 1.29 is 4.79 Å². The highest BCUT2D eigenvalue weighted by atomic mass is 16.1. The van der Waals surface area contributed by atoms with E-state index in [4.69, 9.17) is 0 Å². The van der Waals surface area contributed by atoms with Gasteiger partial charge in [-0.2, -0.15) is 0 Å². The van der Waals surface area contributed by atoms with Gasteiger partial charge in [0.2, 0.25) is 5.95 Å². The number of nitrogens with one attached hydrogen (secondary N) is 2. The van der Waals surface area contributed by atoms with E-state index in [-0.39, 0.29) is 5.91 Å². The smallest absolute Gasteiger partial charge is 0.251 e. The van der Waals surface area contributed by atoms with Crippen LogP contribution in [0.15, 0.2) is 30.3 Å². The molecule has 1 amide bonds. The number of carbonyl (C=O) groups excluding carboxylic acids is 1. The van der Waals surface area contributed by atoms with Gasteiger partial charge < -0.3 is 10.6 Å². The van der Waals surface area contributed by atoms with Gasteiger partial charge in [-0.25, -0.2) is 9.97 Å². The van der Waals surface area contributed by atoms with Crippen LogP contribution in [0, 0.1) is 13.8 Å². The molecule has 0 saturated carbocycles. The molecule has 140 valence electrons. The van der Waals surface area contributed by atoms with Crippen LogP contribution in [-0.2, 0) is 0 Å². The molecule has 0 aliphatic heterocycles. The third-order valence-corrected chi connectivity index (χ3v) is 4.18. The molecule has 0 radical (unpaired) electrons. The summed E-state index contributed by atoms with van der Waals surface area (Å²) in [6, 6.07) is 9.36. The molecule has 2 N–H and O–H groups in total. The zero-order valence-electron chi connectivity index (χ0n) is 16.1. The molecule has 5 nitrogen and oxygen atoms in total. The van der Waals surface area contributed by atoms with E-state index in [1.807, 2.05) is 44.2 Å². The number of carbonyl (C=O) groups is 1. The lowest BCUT2D eigenvalue weighted by Gasteiger charge is -2.09. The Balaban J connectivity index is 1.84. The van der Waals surface area contributed by atoms with Gasteiger partial charge in [-0.1, -0.05) is 45.1 Å². The zero-order chi connectivity index (χ0) is 18.8. The maximum Gasteiger partial charge on any atom is 0.251 e. The number of amides is 1. The van der Waals surface area contributed by atoms with Crippen LogP contribution >= 0.6 is 0 Å². The summed E-state index contributed by atoms with van der Waals surface area (Å²) < 4.78 is 0. The number of hydrogen-bond donors (Lipinski definition) is 2. The third-order valence-electron chi connectivity index (χ3n) is 4.18. The summed E-state index contributed by atoms with van der Waals surface area (Å²) in [5.74, 6) is 0.510. The maximum absolute atomic E-state index is 12.3. The highest BCUT2D eigenvalue weighted by Crippen LogP contribution is 2.16. The molecule has 1 aromatic heterocycles. The van der Waals surface area contributed by atoms with Crippen molar-refractivity contribution in [3.05, 3.63) is 47.3 Å². The summed E-state index contributed by atoms with van der Waals surface area (Å²) >= 11 is 0. The van der Waals surface area contributed by atoms with Gasteiger partial charge in [-0.05, 0) is 44.5 Å². The van der Waals surface area contributed by atoms with Crippen LogP contribution in [0.2, 0.25) is 0 Å². The SMILES string of the molecule is CCCCCCCCNC(=O)c1cccc(Nc2nc(C)cc(C)n2)c1. The third kappa shape index (κ3) is 6.82. The first-order valence-corrected chi connectivity index (χ1v) is 9.56. The molecule has 0 fully saturated rings. The van der Waals surface area contributed by atoms with E-state index in [0.29, 0.717) is 11.5 Å². The highest BCUT2D eigenvalue weighted by molar-refractivity contribution is 5.95. The molecule has 2 aromatic rings. The summed E-state index contributed by atoms with van der Waals surface area (Å²) in [7, 11) is 0. The van der Waals surface area contributed by atoms with Crippen molar-refractivity contribution in [2.24, 2.45) is 0 Å². The van der Waals surface area contributed by atoms with Gasteiger partial charge in [-0.15, -0.1) is 0 Å². The molecule has 2 rings (SSSR count). The van der Waals surface area contributed by atoms with Crippen LogP contribution in [0.4, 0.5) is 11.6 Å². The van der Waals surface area contributed by atoms with Gasteiger partial charge in [0.25, 0.3) is 5.91 Å². The fourth-order valence-corrected chi connectivity index (χ4v) is 2.86. The Morgan fingerprint density at radius 1 is 0.962 bits per heavy atom. The molecule has 1 aromatic carbocycles. The predicted octanol–water partition coefficient (Wildman–Crippen LogP) is 4.93. The van der Waals surface area contributed by atoms with Crippen molar-refractivity contribution in [3.63, 3.8) is 0 Å².